The Kier molecular flexibility index (Phi) is 14.5. The Hall–Kier alpha value is -4.68. The quantitative estimate of drug-likeness (QED) is 0.130. The van der Waals surface area contributed by atoms with Crippen molar-refractivity contribution in [3.8, 4) is 0 Å². The molecule has 21 nitrogen and oxygen atoms in total. The summed E-state index contributed by atoms with van der Waals surface area (Å²) >= 11 is 0. The monoisotopic (exact) mass is 736 g/mol. The summed E-state index contributed by atoms with van der Waals surface area (Å²) in [6.07, 6.45) is -13.6. The van der Waals surface area contributed by atoms with Crippen LogP contribution in [-0.4, -0.2) is 108 Å². The lowest BCUT2D eigenvalue weighted by Gasteiger charge is -2.48. The third-order valence-corrected chi connectivity index (χ3v) is 9.23. The van der Waals surface area contributed by atoms with E-state index in [1.807, 2.05) is 67.6 Å². The zero-order valence-corrected chi connectivity index (χ0v) is 28.5. The third-order valence-electron chi connectivity index (χ3n) is 9.23. The normalized spacial score (nSPS) is 35.4. The third kappa shape index (κ3) is 10.1. The van der Waals surface area contributed by atoms with Gasteiger partial charge in [0.15, 0.2) is 12.6 Å². The molecule has 3 N–H and O–H groups in total. The summed E-state index contributed by atoms with van der Waals surface area (Å²) in [4.78, 5) is 11.2. The second-order valence-electron chi connectivity index (χ2n) is 12.8. The molecule has 2 heterocycles. The van der Waals surface area contributed by atoms with Crippen molar-refractivity contribution in [3.05, 3.63) is 114 Å². The predicted molar refractivity (Wildman–Crippen MR) is 183 cm³/mol. The first-order valence-electron chi connectivity index (χ1n) is 16.9. The fourth-order valence-electron chi connectivity index (χ4n) is 6.65. The van der Waals surface area contributed by atoms with Crippen LogP contribution in [-0.2, 0) is 41.6 Å². The maximum atomic E-state index is 11.9. The Bertz CT molecular complexity index is 1670. The minimum absolute atomic E-state index is 0.164. The lowest BCUT2D eigenvalue weighted by Crippen LogP contribution is -2.63. The fraction of sp³-hybridized carbons (Fsp3) is 0.625. The fourth-order valence-corrected chi connectivity index (χ4v) is 6.65. The average molecular weight is 737 g/mol. The Morgan fingerprint density at radius 2 is 1.23 bits per heavy atom. The second kappa shape index (κ2) is 19.4. The topological polar surface area (TPSA) is 311 Å². The van der Waals surface area contributed by atoms with Crippen molar-refractivity contribution < 1.29 is 43.7 Å². The van der Waals surface area contributed by atoms with Crippen molar-refractivity contribution in [3.63, 3.8) is 0 Å². The highest BCUT2D eigenvalue weighted by atomic mass is 16.7. The van der Waals surface area contributed by atoms with Gasteiger partial charge in [0.25, 0.3) is 0 Å². The van der Waals surface area contributed by atoms with Crippen molar-refractivity contribution in [2.24, 2.45) is 20.5 Å². The molecule has 0 amide bonds. The van der Waals surface area contributed by atoms with Crippen LogP contribution in [0.1, 0.15) is 30.9 Å². The number of hydrogen-bond acceptors (Lipinski definition) is 13. The van der Waals surface area contributed by atoms with E-state index in [0.717, 1.165) is 11.1 Å². The van der Waals surface area contributed by atoms with Gasteiger partial charge in [0.05, 0.1) is 68.5 Å². The number of nitrogens with zero attached hydrogens (tertiary/aromatic N) is 12. The van der Waals surface area contributed by atoms with Crippen molar-refractivity contribution in [2.45, 2.75) is 119 Å². The molecule has 1 saturated carbocycles. The Balaban J connectivity index is 1.44. The van der Waals surface area contributed by atoms with Gasteiger partial charge in [-0.05, 0) is 46.6 Å². The van der Waals surface area contributed by atoms with Gasteiger partial charge < -0.3 is 43.7 Å². The molecule has 0 radical (unpaired) electrons. The molecular formula is C32H40N12O9. The Morgan fingerprint density at radius 3 is 1.79 bits per heavy atom. The van der Waals surface area contributed by atoms with Crippen LogP contribution in [0.3, 0.4) is 0 Å². The van der Waals surface area contributed by atoms with E-state index in [2.05, 4.69) is 40.1 Å². The molecule has 1 aliphatic carbocycles. The van der Waals surface area contributed by atoms with E-state index in [1.165, 1.54) is 0 Å². The molecule has 2 aliphatic heterocycles. The second-order valence-corrected chi connectivity index (χ2v) is 12.8. The first-order valence-corrected chi connectivity index (χ1v) is 16.9. The molecule has 3 fully saturated rings. The highest BCUT2D eigenvalue weighted by Gasteiger charge is 2.52. The van der Waals surface area contributed by atoms with Crippen LogP contribution in [0, 0.1) is 0 Å². The van der Waals surface area contributed by atoms with Crippen LogP contribution < -0.4 is 0 Å². The molecule has 0 unspecified atom stereocenters. The summed E-state index contributed by atoms with van der Waals surface area (Å²) in [5, 5.41) is 47.8. The molecule has 0 bridgehead atoms. The van der Waals surface area contributed by atoms with Gasteiger partial charge in [-0.1, -0.05) is 81.1 Å². The van der Waals surface area contributed by atoms with E-state index in [0.29, 0.717) is 6.42 Å². The number of benzene rings is 2. The first-order chi connectivity index (χ1) is 25.8. The van der Waals surface area contributed by atoms with Crippen molar-refractivity contribution in [2.75, 3.05) is 6.54 Å². The minimum atomic E-state index is -1.74. The van der Waals surface area contributed by atoms with E-state index in [9.17, 15) is 31.9 Å². The lowest BCUT2D eigenvalue weighted by molar-refractivity contribution is -0.322. The highest BCUT2D eigenvalue weighted by molar-refractivity contribution is 5.14. The molecule has 53 heavy (non-hydrogen) atoms. The molecular weight excluding hydrogens is 696 g/mol. The van der Waals surface area contributed by atoms with Gasteiger partial charge in [0, 0.05) is 26.1 Å². The van der Waals surface area contributed by atoms with Crippen LogP contribution in [0.15, 0.2) is 81.1 Å². The van der Waals surface area contributed by atoms with Crippen LogP contribution >= 0.6 is 0 Å². The first kappa shape index (κ1) is 39.5. The summed E-state index contributed by atoms with van der Waals surface area (Å²) in [7, 11) is 0. The smallest absolute Gasteiger partial charge is 0.187 e. The molecule has 21 heteroatoms. The van der Waals surface area contributed by atoms with Gasteiger partial charge in [0.2, 0.25) is 0 Å². The summed E-state index contributed by atoms with van der Waals surface area (Å²) in [5.74, 6) is 0. The van der Waals surface area contributed by atoms with Gasteiger partial charge >= 0.3 is 0 Å². The van der Waals surface area contributed by atoms with Gasteiger partial charge in [-0.25, -0.2) is 0 Å². The van der Waals surface area contributed by atoms with Gasteiger partial charge in [-0.2, -0.15) is 0 Å². The summed E-state index contributed by atoms with van der Waals surface area (Å²) in [6.45, 7) is 1.83. The lowest BCUT2D eigenvalue weighted by atomic mass is 9.84. The highest BCUT2D eigenvalue weighted by Crippen LogP contribution is 2.37. The van der Waals surface area contributed by atoms with Crippen LogP contribution in [0.2, 0.25) is 0 Å². The molecule has 5 rings (SSSR count). The maximum absolute atomic E-state index is 11.9. The van der Waals surface area contributed by atoms with Crippen molar-refractivity contribution >= 4 is 0 Å². The molecule has 0 aromatic heterocycles. The number of hydrogen-bond donors (Lipinski definition) is 3. The van der Waals surface area contributed by atoms with Crippen molar-refractivity contribution in [1.82, 2.24) is 0 Å². The van der Waals surface area contributed by atoms with E-state index < -0.39 is 92.2 Å². The summed E-state index contributed by atoms with van der Waals surface area (Å²) in [6, 6.07) is 15.1. The van der Waals surface area contributed by atoms with Crippen LogP contribution in [0.4, 0.5) is 0 Å². The van der Waals surface area contributed by atoms with E-state index in [4.69, 9.17) is 34.0 Å². The summed E-state index contributed by atoms with van der Waals surface area (Å²) < 4.78 is 37.4. The van der Waals surface area contributed by atoms with Crippen LogP contribution in [0.25, 0.3) is 41.8 Å². The van der Waals surface area contributed by atoms with Gasteiger partial charge in [-0.15, -0.1) is 0 Å². The molecule has 2 aromatic carbocycles. The van der Waals surface area contributed by atoms with Crippen LogP contribution in [0.5, 0.6) is 0 Å². The predicted octanol–water partition coefficient (Wildman–Crippen LogP) is 4.62. The maximum Gasteiger partial charge on any atom is 0.187 e. The number of aliphatic hydroxyl groups excluding tert-OH is 3. The molecule has 0 spiro atoms. The zero-order valence-electron chi connectivity index (χ0n) is 28.5. The molecule has 3 aliphatic rings. The van der Waals surface area contributed by atoms with E-state index in [1.54, 1.807) is 0 Å². The largest absolute Gasteiger partial charge is 0.390 e. The number of ether oxygens (including phenoxy) is 6. The molecule has 2 aromatic rings. The van der Waals surface area contributed by atoms with Gasteiger partial charge in [0.1, 0.15) is 24.4 Å². The standard InChI is InChI=1S/C32H40N12O9/c1-17-12-22(48-15-18-8-4-2-5-9-18)30(49-16-19-10-6-3-7-11-19)32(50-17)53-29-21(39-43-35)13-20(38-42-34)28(27(29)47)52-31-24(40-44-36)26(46)25(45)23(51-31)14-37-41-33/h2-11,17,20-32,45-47H,12-16H2,1H3/t17-,20+,21-,22+,23-,24-,25-,26-,27+,28-,29+,30-,31-,32-/m1/s1. The summed E-state index contributed by atoms with van der Waals surface area (Å²) in [5.41, 5.74) is 38.7. The Morgan fingerprint density at radius 1 is 0.660 bits per heavy atom. The number of rotatable bonds is 15. The van der Waals surface area contributed by atoms with E-state index in [-0.39, 0.29) is 19.6 Å². The average Bonchev–Trinajstić information content (AvgIpc) is 3.16. The van der Waals surface area contributed by atoms with Gasteiger partial charge in [-0.3, -0.25) is 0 Å². The zero-order chi connectivity index (χ0) is 37.7. The number of aliphatic hydroxyl groups is 3. The SMILES string of the molecule is C[C@@H]1C[C@H](OCc2ccccc2)[C@@H](OCc2ccccc2)[C@@H](O[C@@H]2[C@@H](O)[C@H](O[C@H]3O[C@H](CN=[N+]=[N-])[C@@H](O)[C@H](O)[C@H]3N=[N+]=[N-])[C@@H](N=[N+]=[N-])C[C@H]2N=[N+]=[N-])O1. The molecule has 2 saturated heterocycles. The molecule has 282 valence electrons. The Labute approximate surface area is 302 Å². The number of azide groups is 4. The molecule has 14 atom stereocenters. The van der Waals surface area contributed by atoms with Crippen molar-refractivity contribution in [1.29, 1.82) is 0 Å². The minimum Gasteiger partial charge on any atom is -0.390 e. The van der Waals surface area contributed by atoms with E-state index >= 15 is 0 Å².